The first-order valence-corrected chi connectivity index (χ1v) is 3.85. The summed E-state index contributed by atoms with van der Waals surface area (Å²) in [6.07, 6.45) is 1.77. The van der Waals surface area contributed by atoms with Gasteiger partial charge in [0.1, 0.15) is 5.92 Å². The maximum atomic E-state index is 10.9. The molecule has 2 atom stereocenters. The van der Waals surface area contributed by atoms with Gasteiger partial charge in [0, 0.05) is 0 Å². The Morgan fingerprint density at radius 2 is 2.50 bits per heavy atom. The second-order valence-corrected chi connectivity index (χ2v) is 3.07. The first kappa shape index (κ1) is 7.63. The fraction of sp³-hybridized carbons (Fsp3) is 0.500. The minimum Gasteiger partial charge on any atom is -0.468 e. The van der Waals surface area contributed by atoms with Crippen molar-refractivity contribution >= 4 is 17.7 Å². The Labute approximate surface area is 63.6 Å². The average molecular weight is 159 g/mol. The third-order valence-electron chi connectivity index (χ3n) is 1.35. The Kier molecular flexibility index (Phi) is 2.34. The lowest BCUT2D eigenvalue weighted by Crippen LogP contribution is -2.29. The average Bonchev–Trinajstić information content (AvgIpc) is 2.34. The summed E-state index contributed by atoms with van der Waals surface area (Å²) in [6.45, 7) is 0. The predicted molar refractivity (Wildman–Crippen MR) is 40.2 cm³/mol. The zero-order valence-electron chi connectivity index (χ0n) is 5.61. The largest absolute Gasteiger partial charge is 0.468 e. The number of carbonyl (C=O) groups excluding carboxylic acids is 1. The monoisotopic (exact) mass is 159 g/mol. The van der Waals surface area contributed by atoms with E-state index in [9.17, 15) is 4.79 Å². The van der Waals surface area contributed by atoms with E-state index in [-0.39, 0.29) is 17.3 Å². The van der Waals surface area contributed by atoms with Crippen LogP contribution < -0.4 is 5.73 Å². The summed E-state index contributed by atoms with van der Waals surface area (Å²) in [5, 5.41) is 1.67. The van der Waals surface area contributed by atoms with E-state index in [0.717, 1.165) is 0 Å². The number of rotatable bonds is 1. The summed E-state index contributed by atoms with van der Waals surface area (Å²) in [6, 6.07) is 0. The molecule has 1 rings (SSSR count). The van der Waals surface area contributed by atoms with Crippen LogP contribution >= 0.6 is 11.8 Å². The van der Waals surface area contributed by atoms with Gasteiger partial charge in [-0.3, -0.25) is 4.79 Å². The van der Waals surface area contributed by atoms with Crippen molar-refractivity contribution in [2.24, 2.45) is 11.7 Å². The number of thioether (sulfide) groups is 1. The number of nitrogens with two attached hydrogens (primary N) is 1. The molecule has 0 spiro atoms. The molecule has 0 amide bonds. The van der Waals surface area contributed by atoms with Crippen molar-refractivity contribution in [3.05, 3.63) is 11.5 Å². The van der Waals surface area contributed by atoms with Crippen molar-refractivity contribution in [2.45, 2.75) is 5.37 Å². The third kappa shape index (κ3) is 1.33. The van der Waals surface area contributed by atoms with Crippen molar-refractivity contribution < 1.29 is 9.53 Å². The van der Waals surface area contributed by atoms with Gasteiger partial charge < -0.3 is 10.5 Å². The normalized spacial score (nSPS) is 30.6. The number of esters is 1. The van der Waals surface area contributed by atoms with E-state index in [4.69, 9.17) is 5.73 Å². The molecule has 0 aromatic heterocycles. The van der Waals surface area contributed by atoms with E-state index in [0.29, 0.717) is 0 Å². The lowest BCUT2D eigenvalue weighted by atomic mass is 10.1. The molecule has 56 valence electrons. The maximum absolute atomic E-state index is 10.9. The van der Waals surface area contributed by atoms with Crippen LogP contribution in [0.25, 0.3) is 0 Å². The molecule has 3 nitrogen and oxygen atoms in total. The molecule has 0 saturated carbocycles. The first-order valence-electron chi connectivity index (χ1n) is 2.91. The van der Waals surface area contributed by atoms with Crippen molar-refractivity contribution in [1.29, 1.82) is 0 Å². The molecule has 1 aliphatic rings. The van der Waals surface area contributed by atoms with Crippen LogP contribution in [0.5, 0.6) is 0 Å². The zero-order chi connectivity index (χ0) is 7.56. The highest BCUT2D eigenvalue weighted by Gasteiger charge is 2.27. The molecular formula is C6H9NO2S. The van der Waals surface area contributed by atoms with Gasteiger partial charge in [0.25, 0.3) is 0 Å². The zero-order valence-corrected chi connectivity index (χ0v) is 6.43. The molecule has 1 aliphatic heterocycles. The van der Waals surface area contributed by atoms with Gasteiger partial charge >= 0.3 is 5.97 Å². The van der Waals surface area contributed by atoms with Gasteiger partial charge in [-0.25, -0.2) is 0 Å². The van der Waals surface area contributed by atoms with Crippen LogP contribution in [0.3, 0.4) is 0 Å². The second kappa shape index (κ2) is 3.07. The quantitative estimate of drug-likeness (QED) is 0.560. The summed E-state index contributed by atoms with van der Waals surface area (Å²) in [7, 11) is 1.37. The van der Waals surface area contributed by atoms with Gasteiger partial charge in [-0.05, 0) is 5.41 Å². The smallest absolute Gasteiger partial charge is 0.315 e. The van der Waals surface area contributed by atoms with Crippen LogP contribution in [0.2, 0.25) is 0 Å². The molecule has 2 N–H and O–H groups in total. The fourth-order valence-electron chi connectivity index (χ4n) is 0.764. The number of carbonyl (C=O) groups is 1. The second-order valence-electron chi connectivity index (χ2n) is 1.98. The molecular weight excluding hydrogens is 150 g/mol. The Bertz CT molecular complexity index is 169. The van der Waals surface area contributed by atoms with Crippen LogP contribution in [0.1, 0.15) is 0 Å². The predicted octanol–water partition coefficient (Wildman–Crippen LogP) is 0.321. The Morgan fingerprint density at radius 3 is 2.90 bits per heavy atom. The van der Waals surface area contributed by atoms with Crippen molar-refractivity contribution in [3.8, 4) is 0 Å². The van der Waals surface area contributed by atoms with Crippen molar-refractivity contribution in [1.82, 2.24) is 0 Å². The van der Waals surface area contributed by atoms with E-state index in [2.05, 4.69) is 4.74 Å². The van der Waals surface area contributed by atoms with Crippen molar-refractivity contribution in [3.63, 3.8) is 0 Å². The number of ether oxygens (including phenoxy) is 1. The summed E-state index contributed by atoms with van der Waals surface area (Å²) >= 11 is 1.45. The SMILES string of the molecule is COC(=O)C1C=CSC1N. The Balaban J connectivity index is 2.55. The molecule has 1 heterocycles. The highest BCUT2D eigenvalue weighted by atomic mass is 32.2. The van der Waals surface area contributed by atoms with Gasteiger partial charge in [0.2, 0.25) is 0 Å². The first-order chi connectivity index (χ1) is 4.75. The van der Waals surface area contributed by atoms with Crippen LogP contribution in [-0.4, -0.2) is 18.5 Å². The number of hydrogen-bond donors (Lipinski definition) is 1. The minimum atomic E-state index is -0.256. The maximum Gasteiger partial charge on any atom is 0.315 e. The van der Waals surface area contributed by atoms with Crippen molar-refractivity contribution in [2.75, 3.05) is 7.11 Å². The highest BCUT2D eigenvalue weighted by molar-refractivity contribution is 8.03. The third-order valence-corrected chi connectivity index (χ3v) is 2.27. The summed E-state index contributed by atoms with van der Waals surface area (Å²) in [4.78, 5) is 10.9. The van der Waals surface area contributed by atoms with E-state index in [1.807, 2.05) is 5.41 Å². The Morgan fingerprint density at radius 1 is 1.80 bits per heavy atom. The molecule has 0 saturated heterocycles. The summed E-state index contributed by atoms with van der Waals surface area (Å²) in [5.74, 6) is -0.510. The molecule has 0 radical (unpaired) electrons. The van der Waals surface area contributed by atoms with Crippen LogP contribution in [-0.2, 0) is 9.53 Å². The molecule has 10 heavy (non-hydrogen) atoms. The van der Waals surface area contributed by atoms with Gasteiger partial charge in [-0.1, -0.05) is 6.08 Å². The van der Waals surface area contributed by atoms with Gasteiger partial charge in [0.15, 0.2) is 0 Å². The van der Waals surface area contributed by atoms with Gasteiger partial charge in [-0.2, -0.15) is 0 Å². The van der Waals surface area contributed by atoms with Crippen LogP contribution in [0.4, 0.5) is 0 Å². The topological polar surface area (TPSA) is 52.3 Å². The summed E-state index contributed by atoms with van der Waals surface area (Å²) < 4.78 is 4.52. The molecule has 0 aromatic rings. The number of hydrogen-bond acceptors (Lipinski definition) is 4. The molecule has 0 fully saturated rings. The molecule has 2 unspecified atom stereocenters. The van der Waals surface area contributed by atoms with E-state index in [1.54, 1.807) is 6.08 Å². The molecule has 0 aromatic carbocycles. The highest BCUT2D eigenvalue weighted by Crippen LogP contribution is 2.26. The molecule has 0 bridgehead atoms. The van der Waals surface area contributed by atoms with Gasteiger partial charge in [-0.15, -0.1) is 11.8 Å². The van der Waals surface area contributed by atoms with E-state index >= 15 is 0 Å². The minimum absolute atomic E-state index is 0.160. The van der Waals surface area contributed by atoms with Crippen LogP contribution in [0, 0.1) is 5.92 Å². The van der Waals surface area contributed by atoms with Gasteiger partial charge in [0.05, 0.1) is 12.5 Å². The number of methoxy groups -OCH3 is 1. The molecule has 4 heteroatoms. The van der Waals surface area contributed by atoms with Crippen LogP contribution in [0.15, 0.2) is 11.5 Å². The lowest BCUT2D eigenvalue weighted by molar-refractivity contribution is -0.143. The van der Waals surface area contributed by atoms with E-state index in [1.165, 1.54) is 18.9 Å². The summed E-state index contributed by atoms with van der Waals surface area (Å²) in [5.41, 5.74) is 5.56. The molecule has 0 aliphatic carbocycles. The Hall–Kier alpha value is -0.480. The van der Waals surface area contributed by atoms with E-state index < -0.39 is 0 Å². The fourth-order valence-corrected chi connectivity index (χ4v) is 1.58. The standard InChI is InChI=1S/C6H9NO2S/c1-9-6(8)4-2-3-10-5(4)7/h2-5H,7H2,1H3. The lowest BCUT2D eigenvalue weighted by Gasteiger charge is -2.09.